The van der Waals surface area contributed by atoms with Crippen LogP contribution in [0.4, 0.5) is 5.69 Å². The Balaban J connectivity index is 1.45. The predicted octanol–water partition coefficient (Wildman–Crippen LogP) is 2.51. The van der Waals surface area contributed by atoms with Crippen molar-refractivity contribution in [3.05, 3.63) is 29.8 Å². The van der Waals surface area contributed by atoms with Gasteiger partial charge in [0.25, 0.3) is 0 Å². The minimum Gasteiger partial charge on any atom is -0.378 e. The predicted molar refractivity (Wildman–Crippen MR) is 86.7 cm³/mol. The third kappa shape index (κ3) is 3.90. The van der Waals surface area contributed by atoms with Gasteiger partial charge in [0.1, 0.15) is 0 Å². The summed E-state index contributed by atoms with van der Waals surface area (Å²) in [4.78, 5) is 2.40. The molecule has 1 unspecified atom stereocenters. The number of morpholine rings is 1. The zero-order chi connectivity index (χ0) is 13.6. The summed E-state index contributed by atoms with van der Waals surface area (Å²) in [6.45, 7) is 5.86. The highest BCUT2D eigenvalue weighted by molar-refractivity contribution is 8.00. The highest BCUT2D eigenvalue weighted by Crippen LogP contribution is 2.25. The fourth-order valence-corrected chi connectivity index (χ4v) is 4.06. The molecule has 2 heterocycles. The Hall–Kier alpha value is -0.710. The summed E-state index contributed by atoms with van der Waals surface area (Å²) in [5.74, 6) is 1.35. The lowest BCUT2D eigenvalue weighted by molar-refractivity contribution is 0.122. The Morgan fingerprint density at radius 2 is 2.00 bits per heavy atom. The quantitative estimate of drug-likeness (QED) is 0.901. The molecule has 2 aliphatic heterocycles. The van der Waals surface area contributed by atoms with Crippen LogP contribution in [0.3, 0.4) is 0 Å². The Kier molecular flexibility index (Phi) is 5.23. The van der Waals surface area contributed by atoms with Crippen LogP contribution in [0.25, 0.3) is 0 Å². The summed E-state index contributed by atoms with van der Waals surface area (Å²) in [6, 6.07) is 8.98. The van der Waals surface area contributed by atoms with Crippen molar-refractivity contribution in [1.29, 1.82) is 0 Å². The maximum atomic E-state index is 5.39. The fourth-order valence-electron chi connectivity index (χ4n) is 2.83. The van der Waals surface area contributed by atoms with E-state index in [0.717, 1.165) is 44.6 Å². The number of nitrogens with one attached hydrogen (secondary N) is 1. The molecule has 1 N–H and O–H groups in total. The van der Waals surface area contributed by atoms with E-state index in [4.69, 9.17) is 4.74 Å². The summed E-state index contributed by atoms with van der Waals surface area (Å²) in [7, 11) is 0. The smallest absolute Gasteiger partial charge is 0.0642 e. The van der Waals surface area contributed by atoms with Crippen LogP contribution < -0.4 is 10.2 Å². The zero-order valence-corrected chi connectivity index (χ0v) is 12.8. The minimum atomic E-state index is 0.836. The second kappa shape index (κ2) is 7.34. The average molecular weight is 292 g/mol. The van der Waals surface area contributed by atoms with Gasteiger partial charge in [-0.2, -0.15) is 11.8 Å². The van der Waals surface area contributed by atoms with Crippen molar-refractivity contribution in [2.24, 2.45) is 0 Å². The van der Waals surface area contributed by atoms with E-state index in [9.17, 15) is 0 Å². The molecule has 2 fully saturated rings. The van der Waals surface area contributed by atoms with Gasteiger partial charge < -0.3 is 15.0 Å². The molecule has 0 aromatic heterocycles. The van der Waals surface area contributed by atoms with Gasteiger partial charge in [0.15, 0.2) is 0 Å². The van der Waals surface area contributed by atoms with Crippen LogP contribution in [-0.2, 0) is 11.3 Å². The highest BCUT2D eigenvalue weighted by Gasteiger charge is 2.14. The average Bonchev–Trinajstić information content (AvgIpc) is 3.02. The molecule has 3 nitrogen and oxygen atoms in total. The van der Waals surface area contributed by atoms with Gasteiger partial charge in [0, 0.05) is 37.1 Å². The van der Waals surface area contributed by atoms with Gasteiger partial charge in [0.2, 0.25) is 0 Å². The van der Waals surface area contributed by atoms with Crippen molar-refractivity contribution in [2.75, 3.05) is 43.5 Å². The first-order valence-corrected chi connectivity index (χ1v) is 8.71. The Morgan fingerprint density at radius 3 is 2.70 bits per heavy atom. The molecular weight excluding hydrogens is 268 g/mol. The molecule has 0 bridgehead atoms. The lowest BCUT2D eigenvalue weighted by Crippen LogP contribution is -2.36. The summed E-state index contributed by atoms with van der Waals surface area (Å²) in [6.07, 6.45) is 2.78. The second-order valence-electron chi connectivity index (χ2n) is 5.53. The molecule has 0 amide bonds. The molecule has 1 aromatic carbocycles. The largest absolute Gasteiger partial charge is 0.378 e. The monoisotopic (exact) mass is 292 g/mol. The van der Waals surface area contributed by atoms with Crippen LogP contribution in [0.2, 0.25) is 0 Å². The van der Waals surface area contributed by atoms with Gasteiger partial charge in [-0.1, -0.05) is 12.1 Å². The van der Waals surface area contributed by atoms with Crippen molar-refractivity contribution >= 4 is 17.4 Å². The first-order valence-electron chi connectivity index (χ1n) is 7.66. The van der Waals surface area contributed by atoms with Crippen molar-refractivity contribution in [3.8, 4) is 0 Å². The molecule has 3 rings (SSSR count). The molecule has 0 radical (unpaired) electrons. The molecule has 2 saturated heterocycles. The van der Waals surface area contributed by atoms with Crippen LogP contribution in [0.1, 0.15) is 18.4 Å². The second-order valence-corrected chi connectivity index (χ2v) is 6.94. The first kappa shape index (κ1) is 14.2. The molecule has 0 saturated carbocycles. The maximum Gasteiger partial charge on any atom is 0.0642 e. The van der Waals surface area contributed by atoms with Crippen LogP contribution >= 0.6 is 11.8 Å². The maximum absolute atomic E-state index is 5.39. The molecule has 2 aliphatic rings. The molecule has 0 spiro atoms. The van der Waals surface area contributed by atoms with Gasteiger partial charge in [-0.15, -0.1) is 0 Å². The molecular formula is C16H24N2OS. The summed E-state index contributed by atoms with van der Waals surface area (Å²) in [5, 5.41) is 4.42. The van der Waals surface area contributed by atoms with Gasteiger partial charge in [-0.3, -0.25) is 0 Å². The fraction of sp³-hybridized carbons (Fsp3) is 0.625. The molecule has 20 heavy (non-hydrogen) atoms. The number of thioether (sulfide) groups is 1. The van der Waals surface area contributed by atoms with Crippen molar-refractivity contribution in [1.82, 2.24) is 5.32 Å². The van der Waals surface area contributed by atoms with Crippen LogP contribution in [0.5, 0.6) is 0 Å². The van der Waals surface area contributed by atoms with E-state index in [1.165, 1.54) is 29.8 Å². The van der Waals surface area contributed by atoms with E-state index in [-0.39, 0.29) is 0 Å². The number of hydrogen-bond acceptors (Lipinski definition) is 4. The third-order valence-corrected chi connectivity index (χ3v) is 5.44. The molecule has 0 aliphatic carbocycles. The van der Waals surface area contributed by atoms with Gasteiger partial charge >= 0.3 is 0 Å². The summed E-state index contributed by atoms with van der Waals surface area (Å²) in [5.41, 5.74) is 2.70. The SMILES string of the molecule is c1cc(N2CCOCC2)ccc1CNCC1CCCS1. The topological polar surface area (TPSA) is 24.5 Å². The van der Waals surface area contributed by atoms with Crippen LogP contribution in [0.15, 0.2) is 24.3 Å². The molecule has 110 valence electrons. The van der Waals surface area contributed by atoms with Crippen LogP contribution in [0, 0.1) is 0 Å². The van der Waals surface area contributed by atoms with E-state index in [1.54, 1.807) is 0 Å². The number of rotatable bonds is 5. The van der Waals surface area contributed by atoms with Crippen molar-refractivity contribution < 1.29 is 4.74 Å². The van der Waals surface area contributed by atoms with E-state index < -0.39 is 0 Å². The highest BCUT2D eigenvalue weighted by atomic mass is 32.2. The first-order chi connectivity index (χ1) is 9.92. The standard InChI is InChI=1S/C16H24N2OS/c1-2-16(20-11-1)13-17-12-14-3-5-15(6-4-14)18-7-9-19-10-8-18/h3-6,16-17H,1-2,7-13H2. The Morgan fingerprint density at radius 1 is 1.20 bits per heavy atom. The Labute approximate surface area is 126 Å². The normalized spacial score (nSPS) is 23.2. The number of nitrogens with zero attached hydrogens (tertiary/aromatic N) is 1. The number of anilines is 1. The van der Waals surface area contributed by atoms with Crippen molar-refractivity contribution in [2.45, 2.75) is 24.6 Å². The van der Waals surface area contributed by atoms with E-state index in [1.807, 2.05) is 0 Å². The van der Waals surface area contributed by atoms with Gasteiger partial charge in [0.05, 0.1) is 13.2 Å². The molecule has 1 aromatic rings. The van der Waals surface area contributed by atoms with E-state index in [0.29, 0.717) is 0 Å². The third-order valence-electron chi connectivity index (χ3n) is 4.04. The summed E-state index contributed by atoms with van der Waals surface area (Å²) >= 11 is 2.12. The minimum absolute atomic E-state index is 0.836. The zero-order valence-electron chi connectivity index (χ0n) is 12.0. The van der Waals surface area contributed by atoms with Crippen LogP contribution in [-0.4, -0.2) is 43.9 Å². The number of hydrogen-bond donors (Lipinski definition) is 1. The lowest BCUT2D eigenvalue weighted by atomic mass is 10.2. The summed E-state index contributed by atoms with van der Waals surface area (Å²) < 4.78 is 5.39. The van der Waals surface area contributed by atoms with Gasteiger partial charge in [-0.05, 0) is 36.3 Å². The van der Waals surface area contributed by atoms with E-state index in [2.05, 4.69) is 46.2 Å². The number of benzene rings is 1. The van der Waals surface area contributed by atoms with E-state index >= 15 is 0 Å². The molecule has 1 atom stereocenters. The lowest BCUT2D eigenvalue weighted by Gasteiger charge is -2.28. The van der Waals surface area contributed by atoms with Gasteiger partial charge in [-0.25, -0.2) is 0 Å². The molecule has 4 heteroatoms. The Bertz CT molecular complexity index is 397. The number of ether oxygens (including phenoxy) is 1. The van der Waals surface area contributed by atoms with Crippen molar-refractivity contribution in [3.63, 3.8) is 0 Å².